The first kappa shape index (κ1) is 11.4. The number of anilines is 1. The zero-order valence-corrected chi connectivity index (χ0v) is 9.59. The summed E-state index contributed by atoms with van der Waals surface area (Å²) in [5, 5.41) is 0.241. The lowest BCUT2D eigenvalue weighted by molar-refractivity contribution is -0.117. The van der Waals surface area contributed by atoms with Crippen molar-refractivity contribution in [2.75, 3.05) is 11.4 Å². The summed E-state index contributed by atoms with van der Waals surface area (Å²) in [5.41, 5.74) is 6.70. The van der Waals surface area contributed by atoms with E-state index in [4.69, 9.17) is 17.3 Å². The molecule has 0 aromatic heterocycles. The van der Waals surface area contributed by atoms with Crippen molar-refractivity contribution >= 4 is 23.2 Å². The van der Waals surface area contributed by atoms with Gasteiger partial charge in [0.2, 0.25) is 5.91 Å². The number of amides is 1. The molecule has 1 unspecified atom stereocenters. The number of hydrogen-bond donors (Lipinski definition) is 1. The van der Waals surface area contributed by atoms with Gasteiger partial charge in [-0.3, -0.25) is 4.79 Å². The summed E-state index contributed by atoms with van der Waals surface area (Å²) in [6, 6.07) is 2.63. The maximum atomic E-state index is 13.2. The van der Waals surface area contributed by atoms with Crippen LogP contribution in [0.15, 0.2) is 12.1 Å². The predicted octanol–water partition coefficient (Wildman–Crippen LogP) is 1.85. The van der Waals surface area contributed by atoms with E-state index in [1.807, 2.05) is 0 Å². The highest BCUT2D eigenvalue weighted by Crippen LogP contribution is 2.31. The molecule has 0 saturated carbocycles. The third-order valence-electron chi connectivity index (χ3n) is 2.67. The number of halogens is 2. The Morgan fingerprint density at radius 1 is 1.56 bits per heavy atom. The molecular formula is C11H12ClFN2O. The Bertz CT molecular complexity index is 450. The van der Waals surface area contributed by atoms with Gasteiger partial charge in [-0.05, 0) is 24.6 Å². The molecule has 86 valence electrons. The molecule has 0 aliphatic carbocycles. The normalized spacial score (nSPS) is 20.6. The number of carbonyl (C=O) groups is 1. The fourth-order valence-corrected chi connectivity index (χ4v) is 2.07. The average molecular weight is 243 g/mol. The summed E-state index contributed by atoms with van der Waals surface area (Å²) in [6.45, 7) is 2.07. The van der Waals surface area contributed by atoms with Gasteiger partial charge in [-0.1, -0.05) is 11.6 Å². The van der Waals surface area contributed by atoms with Gasteiger partial charge in [0.15, 0.2) is 0 Å². The lowest BCUT2D eigenvalue weighted by Crippen LogP contribution is -2.28. The van der Waals surface area contributed by atoms with Crippen molar-refractivity contribution in [1.29, 1.82) is 0 Å². The van der Waals surface area contributed by atoms with Crippen LogP contribution in [0.2, 0.25) is 5.02 Å². The molecule has 1 aliphatic rings. The summed E-state index contributed by atoms with van der Waals surface area (Å²) in [5.74, 6) is -0.440. The molecule has 2 rings (SSSR count). The fourth-order valence-electron chi connectivity index (χ4n) is 1.82. The molecule has 16 heavy (non-hydrogen) atoms. The molecule has 1 aromatic carbocycles. The Labute approximate surface area is 98.0 Å². The van der Waals surface area contributed by atoms with Crippen LogP contribution in [0.3, 0.4) is 0 Å². The molecule has 3 nitrogen and oxygen atoms in total. The second kappa shape index (κ2) is 4.03. The molecule has 0 radical (unpaired) electrons. The van der Waals surface area contributed by atoms with Crippen molar-refractivity contribution in [2.45, 2.75) is 19.4 Å². The third kappa shape index (κ3) is 1.90. The molecule has 1 amide bonds. The first-order valence-corrected chi connectivity index (χ1v) is 5.38. The van der Waals surface area contributed by atoms with Crippen LogP contribution in [0.25, 0.3) is 0 Å². The fraction of sp³-hybridized carbons (Fsp3) is 0.364. The number of benzene rings is 1. The van der Waals surface area contributed by atoms with Crippen LogP contribution < -0.4 is 10.6 Å². The molecular weight excluding hydrogens is 231 g/mol. The van der Waals surface area contributed by atoms with E-state index in [1.165, 1.54) is 11.0 Å². The topological polar surface area (TPSA) is 46.3 Å². The number of nitrogens with zero attached hydrogens (tertiary/aromatic N) is 1. The van der Waals surface area contributed by atoms with Gasteiger partial charge in [-0.15, -0.1) is 0 Å². The molecule has 5 heteroatoms. The summed E-state index contributed by atoms with van der Waals surface area (Å²) in [6.07, 6.45) is 0.312. The van der Waals surface area contributed by atoms with Crippen LogP contribution in [0.1, 0.15) is 12.0 Å². The summed E-state index contributed by atoms with van der Waals surface area (Å²) in [7, 11) is 0. The highest BCUT2D eigenvalue weighted by Gasteiger charge is 2.29. The molecule has 1 fully saturated rings. The van der Waals surface area contributed by atoms with E-state index in [9.17, 15) is 9.18 Å². The maximum absolute atomic E-state index is 13.2. The summed E-state index contributed by atoms with van der Waals surface area (Å²) in [4.78, 5) is 13.1. The Hall–Kier alpha value is -1.13. The molecule has 2 N–H and O–H groups in total. The smallest absolute Gasteiger partial charge is 0.228 e. The van der Waals surface area contributed by atoms with Crippen molar-refractivity contribution < 1.29 is 9.18 Å². The zero-order chi connectivity index (χ0) is 11.9. The van der Waals surface area contributed by atoms with Crippen LogP contribution in [0.5, 0.6) is 0 Å². The van der Waals surface area contributed by atoms with E-state index in [0.29, 0.717) is 24.2 Å². The maximum Gasteiger partial charge on any atom is 0.228 e. The number of carbonyl (C=O) groups excluding carboxylic acids is 1. The highest BCUT2D eigenvalue weighted by atomic mass is 35.5. The van der Waals surface area contributed by atoms with E-state index in [-0.39, 0.29) is 22.8 Å². The second-order valence-electron chi connectivity index (χ2n) is 4.02. The Kier molecular flexibility index (Phi) is 2.86. The summed E-state index contributed by atoms with van der Waals surface area (Å²) >= 11 is 5.92. The molecule has 1 heterocycles. The van der Waals surface area contributed by atoms with E-state index in [2.05, 4.69) is 0 Å². The number of rotatable bonds is 1. The van der Waals surface area contributed by atoms with Crippen LogP contribution >= 0.6 is 11.6 Å². The molecule has 0 bridgehead atoms. The standard InChI is InChI=1S/C11H12ClFN2O/c1-6-2-10(8(12)4-9(6)13)15-5-7(14)3-11(15)16/h2,4,7H,3,5,14H2,1H3. The van der Waals surface area contributed by atoms with E-state index < -0.39 is 0 Å². The van der Waals surface area contributed by atoms with Crippen molar-refractivity contribution in [3.05, 3.63) is 28.5 Å². The second-order valence-corrected chi connectivity index (χ2v) is 4.43. The minimum atomic E-state index is -0.371. The lowest BCUT2D eigenvalue weighted by atomic mass is 10.2. The monoisotopic (exact) mass is 242 g/mol. The van der Waals surface area contributed by atoms with E-state index in [0.717, 1.165) is 0 Å². The number of hydrogen-bond acceptors (Lipinski definition) is 2. The van der Waals surface area contributed by atoms with E-state index in [1.54, 1.807) is 13.0 Å². The molecule has 0 spiro atoms. The average Bonchev–Trinajstić information content (AvgIpc) is 2.51. The summed E-state index contributed by atoms with van der Waals surface area (Å²) < 4.78 is 13.2. The zero-order valence-electron chi connectivity index (χ0n) is 8.84. The Morgan fingerprint density at radius 2 is 2.25 bits per heavy atom. The number of aryl methyl sites for hydroxylation is 1. The molecule has 1 aromatic rings. The van der Waals surface area contributed by atoms with Gasteiger partial charge in [-0.2, -0.15) is 0 Å². The third-order valence-corrected chi connectivity index (χ3v) is 2.98. The van der Waals surface area contributed by atoms with Crippen LogP contribution in [0, 0.1) is 12.7 Å². The molecule has 1 atom stereocenters. The highest BCUT2D eigenvalue weighted by molar-refractivity contribution is 6.34. The quantitative estimate of drug-likeness (QED) is 0.817. The Balaban J connectivity index is 2.41. The van der Waals surface area contributed by atoms with Crippen molar-refractivity contribution in [3.8, 4) is 0 Å². The van der Waals surface area contributed by atoms with Gasteiger partial charge in [0.1, 0.15) is 5.82 Å². The van der Waals surface area contributed by atoms with Crippen molar-refractivity contribution in [3.63, 3.8) is 0 Å². The Morgan fingerprint density at radius 3 is 2.81 bits per heavy atom. The predicted molar refractivity (Wildman–Crippen MR) is 61.1 cm³/mol. The van der Waals surface area contributed by atoms with Gasteiger partial charge in [0.05, 0.1) is 10.7 Å². The van der Waals surface area contributed by atoms with Crippen LogP contribution in [-0.2, 0) is 4.79 Å². The SMILES string of the molecule is Cc1cc(N2CC(N)CC2=O)c(Cl)cc1F. The van der Waals surface area contributed by atoms with Gasteiger partial charge in [0.25, 0.3) is 0 Å². The largest absolute Gasteiger partial charge is 0.326 e. The van der Waals surface area contributed by atoms with Gasteiger partial charge < -0.3 is 10.6 Å². The van der Waals surface area contributed by atoms with Gasteiger partial charge in [0, 0.05) is 19.0 Å². The van der Waals surface area contributed by atoms with Gasteiger partial charge >= 0.3 is 0 Å². The first-order valence-electron chi connectivity index (χ1n) is 5.00. The lowest BCUT2D eigenvalue weighted by Gasteiger charge is -2.18. The van der Waals surface area contributed by atoms with Crippen molar-refractivity contribution in [2.24, 2.45) is 5.73 Å². The van der Waals surface area contributed by atoms with Crippen LogP contribution in [-0.4, -0.2) is 18.5 Å². The minimum absolute atomic E-state index is 0.0691. The number of nitrogens with two attached hydrogens (primary N) is 1. The molecule has 1 aliphatic heterocycles. The van der Waals surface area contributed by atoms with Crippen molar-refractivity contribution in [1.82, 2.24) is 0 Å². The van der Waals surface area contributed by atoms with E-state index >= 15 is 0 Å². The minimum Gasteiger partial charge on any atom is -0.326 e. The molecule has 1 saturated heterocycles. The van der Waals surface area contributed by atoms with Crippen LogP contribution in [0.4, 0.5) is 10.1 Å². The van der Waals surface area contributed by atoms with Gasteiger partial charge in [-0.25, -0.2) is 4.39 Å². The first-order chi connectivity index (χ1) is 7.49.